The summed E-state index contributed by atoms with van der Waals surface area (Å²) >= 11 is 3.11. The summed E-state index contributed by atoms with van der Waals surface area (Å²) in [6, 6.07) is 9.30. The zero-order valence-electron chi connectivity index (χ0n) is 18.3. The Balaban J connectivity index is 1.66. The number of nitrogens with zero attached hydrogens (tertiary/aromatic N) is 2. The number of thiophene rings is 2. The van der Waals surface area contributed by atoms with Crippen molar-refractivity contribution in [1.82, 2.24) is 15.2 Å². The van der Waals surface area contributed by atoms with E-state index in [9.17, 15) is 9.59 Å². The normalized spacial score (nSPS) is 15.3. The molecule has 32 heavy (non-hydrogen) atoms. The molecule has 0 bridgehead atoms. The van der Waals surface area contributed by atoms with Gasteiger partial charge in [0.15, 0.2) is 0 Å². The van der Waals surface area contributed by atoms with Crippen LogP contribution in [0.5, 0.6) is 0 Å². The highest BCUT2D eigenvalue weighted by Gasteiger charge is 2.34. The quantitative estimate of drug-likeness (QED) is 0.491. The molecule has 3 heterocycles. The van der Waals surface area contributed by atoms with E-state index < -0.39 is 6.04 Å². The summed E-state index contributed by atoms with van der Waals surface area (Å²) in [6.45, 7) is 2.36. The Morgan fingerprint density at radius 3 is 2.62 bits per heavy atom. The van der Waals surface area contributed by atoms with Crippen molar-refractivity contribution in [3.63, 3.8) is 0 Å². The molecule has 1 fully saturated rings. The van der Waals surface area contributed by atoms with Gasteiger partial charge in [-0.15, -0.1) is 22.7 Å². The van der Waals surface area contributed by atoms with E-state index in [0.717, 1.165) is 46.6 Å². The van der Waals surface area contributed by atoms with Crippen molar-refractivity contribution >= 4 is 34.5 Å². The summed E-state index contributed by atoms with van der Waals surface area (Å²) in [5.74, 6) is -0.126. The van der Waals surface area contributed by atoms with Gasteiger partial charge in [-0.3, -0.25) is 14.6 Å². The Morgan fingerprint density at radius 2 is 1.97 bits per heavy atom. The lowest BCUT2D eigenvalue weighted by Gasteiger charge is -2.33. The number of hydrogen-bond acceptors (Lipinski definition) is 5. The van der Waals surface area contributed by atoms with Crippen molar-refractivity contribution < 1.29 is 9.59 Å². The molecule has 0 unspecified atom stereocenters. The minimum absolute atomic E-state index is 0.0482. The SMILES string of the molecule is Cc1ccsc1[C@H](C(=O)NC1CCCCC1)N(Cc1cccnc1)C(=O)Cc1cccs1. The number of amides is 2. The van der Waals surface area contributed by atoms with Crippen molar-refractivity contribution in [3.8, 4) is 0 Å². The van der Waals surface area contributed by atoms with Gasteiger partial charge in [0.2, 0.25) is 11.8 Å². The fraction of sp³-hybridized carbons (Fsp3) is 0.400. The summed E-state index contributed by atoms with van der Waals surface area (Å²) in [6.07, 6.45) is 9.30. The molecule has 0 spiro atoms. The molecule has 3 aromatic heterocycles. The average molecular weight is 468 g/mol. The standard InChI is InChI=1S/C25H29N3O2S2/c1-18-11-14-32-24(18)23(25(30)27-20-8-3-2-4-9-20)28(17-19-7-5-12-26-16-19)22(29)15-21-10-6-13-31-21/h5-7,10-14,16,20,23H,2-4,8-9,15,17H2,1H3,(H,27,30)/t23-/m1/s1. The van der Waals surface area contributed by atoms with Gasteiger partial charge in [0.05, 0.1) is 6.42 Å². The number of hydrogen-bond donors (Lipinski definition) is 1. The van der Waals surface area contributed by atoms with Crippen molar-refractivity contribution in [3.05, 3.63) is 74.4 Å². The Morgan fingerprint density at radius 1 is 1.12 bits per heavy atom. The highest BCUT2D eigenvalue weighted by Crippen LogP contribution is 2.32. The summed E-state index contributed by atoms with van der Waals surface area (Å²) in [4.78, 5) is 35.2. The summed E-state index contributed by atoms with van der Waals surface area (Å²) in [5.41, 5.74) is 1.95. The van der Waals surface area contributed by atoms with Crippen LogP contribution < -0.4 is 5.32 Å². The zero-order valence-corrected chi connectivity index (χ0v) is 20.0. The molecule has 0 saturated heterocycles. The van der Waals surface area contributed by atoms with E-state index in [1.54, 1.807) is 40.0 Å². The Hall–Kier alpha value is -2.51. The van der Waals surface area contributed by atoms with Gasteiger partial charge in [-0.2, -0.15) is 0 Å². The Kier molecular flexibility index (Phi) is 7.71. The molecule has 1 atom stereocenters. The van der Waals surface area contributed by atoms with Gasteiger partial charge in [0, 0.05) is 34.7 Å². The molecule has 1 saturated carbocycles. The number of carbonyl (C=O) groups is 2. The zero-order chi connectivity index (χ0) is 22.3. The topological polar surface area (TPSA) is 62.3 Å². The van der Waals surface area contributed by atoms with Crippen LogP contribution in [0.2, 0.25) is 0 Å². The molecule has 1 N–H and O–H groups in total. The van der Waals surface area contributed by atoms with E-state index in [4.69, 9.17) is 0 Å². The Bertz CT molecular complexity index is 1010. The maximum Gasteiger partial charge on any atom is 0.248 e. The van der Waals surface area contributed by atoms with E-state index in [-0.39, 0.29) is 24.3 Å². The lowest BCUT2D eigenvalue weighted by atomic mass is 9.95. The highest BCUT2D eigenvalue weighted by molar-refractivity contribution is 7.10. The van der Waals surface area contributed by atoms with Gasteiger partial charge in [-0.1, -0.05) is 31.4 Å². The first-order valence-electron chi connectivity index (χ1n) is 11.2. The van der Waals surface area contributed by atoms with E-state index in [1.807, 2.05) is 48.0 Å². The van der Waals surface area contributed by atoms with E-state index in [0.29, 0.717) is 6.54 Å². The average Bonchev–Trinajstić information content (AvgIpc) is 3.47. The van der Waals surface area contributed by atoms with Crippen LogP contribution >= 0.6 is 22.7 Å². The predicted molar refractivity (Wildman–Crippen MR) is 130 cm³/mol. The molecule has 168 valence electrons. The summed E-state index contributed by atoms with van der Waals surface area (Å²) in [7, 11) is 0. The van der Waals surface area contributed by atoms with Crippen LogP contribution in [0.3, 0.4) is 0 Å². The van der Waals surface area contributed by atoms with Crippen molar-refractivity contribution in [2.75, 3.05) is 0 Å². The number of aryl methyl sites for hydroxylation is 1. The van der Waals surface area contributed by atoms with Crippen LogP contribution in [-0.4, -0.2) is 27.7 Å². The molecule has 5 nitrogen and oxygen atoms in total. The number of aromatic nitrogens is 1. The smallest absolute Gasteiger partial charge is 0.248 e. The van der Waals surface area contributed by atoms with Gasteiger partial charge in [-0.25, -0.2) is 0 Å². The number of pyridine rings is 1. The van der Waals surface area contributed by atoms with Gasteiger partial charge in [0.1, 0.15) is 6.04 Å². The highest BCUT2D eigenvalue weighted by atomic mass is 32.1. The van der Waals surface area contributed by atoms with Crippen molar-refractivity contribution in [2.24, 2.45) is 0 Å². The molecule has 1 aliphatic carbocycles. The number of carbonyl (C=O) groups excluding carboxylic acids is 2. The van der Waals surface area contributed by atoms with Crippen LogP contribution in [0.1, 0.15) is 59.0 Å². The fourth-order valence-electron chi connectivity index (χ4n) is 4.27. The van der Waals surface area contributed by atoms with Crippen LogP contribution in [0.15, 0.2) is 53.5 Å². The molecule has 0 aliphatic heterocycles. The summed E-state index contributed by atoms with van der Waals surface area (Å²) in [5, 5.41) is 7.25. The van der Waals surface area contributed by atoms with Crippen molar-refractivity contribution in [1.29, 1.82) is 0 Å². The molecule has 0 aromatic carbocycles. The Labute approximate surface area is 197 Å². The minimum Gasteiger partial charge on any atom is -0.351 e. The second kappa shape index (κ2) is 10.9. The van der Waals surface area contributed by atoms with E-state index >= 15 is 0 Å². The first-order chi connectivity index (χ1) is 15.6. The molecule has 4 rings (SSSR count). The van der Waals surface area contributed by atoms with E-state index in [2.05, 4.69) is 10.3 Å². The van der Waals surface area contributed by atoms with Gasteiger partial charge < -0.3 is 10.2 Å². The molecule has 0 radical (unpaired) electrons. The van der Waals surface area contributed by atoms with Crippen LogP contribution in [0.25, 0.3) is 0 Å². The maximum atomic E-state index is 13.7. The van der Waals surface area contributed by atoms with E-state index in [1.165, 1.54) is 6.42 Å². The molecule has 3 aromatic rings. The second-order valence-corrected chi connectivity index (χ2v) is 10.3. The molecule has 7 heteroatoms. The fourth-order valence-corrected chi connectivity index (χ4v) is 6.00. The predicted octanol–water partition coefficient (Wildman–Crippen LogP) is 5.27. The maximum absolute atomic E-state index is 13.7. The lowest BCUT2D eigenvalue weighted by Crippen LogP contribution is -2.47. The largest absolute Gasteiger partial charge is 0.351 e. The van der Waals surface area contributed by atoms with Gasteiger partial charge in [0.25, 0.3) is 0 Å². The van der Waals surface area contributed by atoms with Gasteiger partial charge >= 0.3 is 0 Å². The molecular formula is C25H29N3O2S2. The first kappa shape index (κ1) is 22.7. The summed E-state index contributed by atoms with van der Waals surface area (Å²) < 4.78 is 0. The molecule has 1 aliphatic rings. The third-order valence-corrected chi connectivity index (χ3v) is 7.91. The lowest BCUT2D eigenvalue weighted by molar-refractivity contribution is -0.141. The van der Waals surface area contributed by atoms with Crippen LogP contribution in [-0.2, 0) is 22.6 Å². The second-order valence-electron chi connectivity index (χ2n) is 8.35. The monoisotopic (exact) mass is 467 g/mol. The molecular weight excluding hydrogens is 438 g/mol. The number of rotatable bonds is 8. The van der Waals surface area contributed by atoms with Crippen LogP contribution in [0.4, 0.5) is 0 Å². The third-order valence-electron chi connectivity index (χ3n) is 5.96. The third kappa shape index (κ3) is 5.64. The van der Waals surface area contributed by atoms with Crippen molar-refractivity contribution in [2.45, 2.75) is 64.1 Å². The van der Waals surface area contributed by atoms with Gasteiger partial charge in [-0.05, 0) is 59.9 Å². The van der Waals surface area contributed by atoms with Crippen LogP contribution in [0, 0.1) is 6.92 Å². The molecule has 2 amide bonds. The minimum atomic E-state index is -0.649. The first-order valence-corrected chi connectivity index (χ1v) is 12.9. The number of nitrogens with one attached hydrogen (secondary N) is 1.